The molecule has 4 aromatic rings. The number of phenols is 1. The molecule has 0 spiro atoms. The zero-order valence-electron chi connectivity index (χ0n) is 27.7. The summed E-state index contributed by atoms with van der Waals surface area (Å²) < 4.78 is 54.5. The minimum absolute atomic E-state index is 0.00272. The summed E-state index contributed by atoms with van der Waals surface area (Å²) in [7, 11) is 0. The van der Waals surface area contributed by atoms with Crippen LogP contribution >= 0.6 is 0 Å². The fraction of sp³-hybridized carbons (Fsp3) is 0.447. The molecule has 2 N–H and O–H groups in total. The highest BCUT2D eigenvalue weighted by Crippen LogP contribution is 2.49. The van der Waals surface area contributed by atoms with Gasteiger partial charge in [0.15, 0.2) is 5.82 Å². The van der Waals surface area contributed by atoms with Crippen LogP contribution in [0.1, 0.15) is 44.6 Å². The summed E-state index contributed by atoms with van der Waals surface area (Å²) in [6.45, 7) is 5.65. The molecule has 9 rings (SSSR count). The van der Waals surface area contributed by atoms with E-state index in [9.17, 15) is 14.3 Å². The molecule has 258 valence electrons. The van der Waals surface area contributed by atoms with E-state index in [0.717, 1.165) is 51.7 Å². The van der Waals surface area contributed by atoms with Crippen LogP contribution in [0.25, 0.3) is 32.8 Å². The number of piperazine rings is 2. The predicted octanol–water partition coefficient (Wildman–Crippen LogP) is 4.96. The molecular weight excluding hydrogens is 645 g/mol. The van der Waals surface area contributed by atoms with Gasteiger partial charge in [-0.3, -0.25) is 9.69 Å². The number of fused-ring (bicyclic) bond motifs is 6. The van der Waals surface area contributed by atoms with Gasteiger partial charge in [-0.15, -0.1) is 6.42 Å². The second-order valence-electron chi connectivity index (χ2n) is 14.9. The Morgan fingerprint density at radius 2 is 1.84 bits per heavy atom. The molecule has 4 bridgehead atoms. The topological polar surface area (TPSA) is 94.1 Å². The number of hydrogen-bond acceptors (Lipinski definition) is 8. The van der Waals surface area contributed by atoms with Crippen molar-refractivity contribution in [3.8, 4) is 35.2 Å². The first kappa shape index (κ1) is 31.4. The predicted molar refractivity (Wildman–Crippen MR) is 182 cm³/mol. The summed E-state index contributed by atoms with van der Waals surface area (Å²) in [5.41, 5.74) is -0.935. The Bertz CT molecular complexity index is 2120. The van der Waals surface area contributed by atoms with Crippen LogP contribution in [0.15, 0.2) is 30.3 Å². The van der Waals surface area contributed by atoms with Gasteiger partial charge in [-0.1, -0.05) is 12.0 Å². The zero-order valence-corrected chi connectivity index (χ0v) is 27.7. The summed E-state index contributed by atoms with van der Waals surface area (Å²) in [5, 5.41) is 14.8. The van der Waals surface area contributed by atoms with Crippen LogP contribution in [0.5, 0.6) is 11.8 Å². The number of carbonyl (C=O) groups excluding carboxylic acids is 1. The lowest BCUT2D eigenvalue weighted by atomic mass is 9.92. The van der Waals surface area contributed by atoms with Crippen molar-refractivity contribution in [1.82, 2.24) is 25.1 Å². The number of benzene rings is 3. The molecule has 4 aliphatic heterocycles. The van der Waals surface area contributed by atoms with E-state index in [1.165, 1.54) is 30.3 Å². The molecule has 1 aliphatic carbocycles. The molecule has 4 atom stereocenters. The monoisotopic (exact) mass is 682 g/mol. The number of aromatic nitrogens is 2. The summed E-state index contributed by atoms with van der Waals surface area (Å²) in [6, 6.07) is 7.43. The number of nitrogens with one attached hydrogen (secondary N) is 1. The van der Waals surface area contributed by atoms with Gasteiger partial charge in [-0.2, -0.15) is 9.97 Å². The van der Waals surface area contributed by atoms with E-state index in [1.807, 2.05) is 4.90 Å². The Morgan fingerprint density at radius 1 is 1.06 bits per heavy atom. The number of aromatic hydroxyl groups is 1. The number of terminal acetylenes is 1. The average Bonchev–Trinajstić information content (AvgIpc) is 3.36. The van der Waals surface area contributed by atoms with Crippen LogP contribution in [-0.4, -0.2) is 94.3 Å². The van der Waals surface area contributed by atoms with E-state index < -0.39 is 23.0 Å². The largest absolute Gasteiger partial charge is 0.508 e. The van der Waals surface area contributed by atoms with Crippen LogP contribution in [0, 0.1) is 35.2 Å². The first-order valence-corrected chi connectivity index (χ1v) is 17.4. The number of anilines is 1. The number of nitrogens with zero attached hydrogens (tertiary/aromatic N) is 5. The normalized spacial score (nSPS) is 25.1. The molecule has 0 radical (unpaired) electrons. The molecule has 50 heavy (non-hydrogen) atoms. The first-order chi connectivity index (χ1) is 24.1. The molecular formula is C38H37F3N6O3. The van der Waals surface area contributed by atoms with Crippen molar-refractivity contribution in [3.63, 3.8) is 0 Å². The number of hydrogen-bond donors (Lipinski definition) is 2. The van der Waals surface area contributed by atoms with Gasteiger partial charge in [-0.05, 0) is 61.8 Å². The second-order valence-corrected chi connectivity index (χ2v) is 14.9. The number of likely N-dealkylation sites (tertiary alicyclic amines) is 2. The van der Waals surface area contributed by atoms with Gasteiger partial charge >= 0.3 is 6.01 Å². The highest BCUT2D eigenvalue weighted by Gasteiger charge is 2.51. The third kappa shape index (κ3) is 5.12. The number of amides is 1. The molecule has 1 aromatic heterocycles. The number of phenolic OH excluding ortho intramolecular Hbond substituents is 1. The fourth-order valence-corrected chi connectivity index (χ4v) is 8.95. The van der Waals surface area contributed by atoms with Gasteiger partial charge in [0.2, 0.25) is 5.91 Å². The molecule has 1 saturated carbocycles. The summed E-state index contributed by atoms with van der Waals surface area (Å²) in [6.07, 6.45) is 10.6. The Labute approximate surface area is 287 Å². The summed E-state index contributed by atoms with van der Waals surface area (Å²) >= 11 is 0. The molecule has 4 unspecified atom stereocenters. The van der Waals surface area contributed by atoms with Crippen molar-refractivity contribution in [3.05, 3.63) is 53.3 Å². The average molecular weight is 683 g/mol. The maximum Gasteiger partial charge on any atom is 0.319 e. The lowest BCUT2D eigenvalue weighted by molar-refractivity contribution is -0.131. The maximum absolute atomic E-state index is 17.0. The maximum atomic E-state index is 17.0. The van der Waals surface area contributed by atoms with Crippen LogP contribution in [0.2, 0.25) is 0 Å². The van der Waals surface area contributed by atoms with Gasteiger partial charge in [0.05, 0.1) is 17.7 Å². The van der Waals surface area contributed by atoms with Gasteiger partial charge in [0, 0.05) is 85.6 Å². The van der Waals surface area contributed by atoms with Crippen LogP contribution < -0.4 is 15.0 Å². The van der Waals surface area contributed by atoms with Gasteiger partial charge in [-0.25, -0.2) is 13.2 Å². The summed E-state index contributed by atoms with van der Waals surface area (Å²) in [4.78, 5) is 27.9. The zero-order chi connectivity index (χ0) is 34.5. The highest BCUT2D eigenvalue weighted by atomic mass is 19.1. The van der Waals surface area contributed by atoms with Crippen LogP contribution in [0.4, 0.5) is 19.0 Å². The Balaban J connectivity index is 1.10. The lowest BCUT2D eigenvalue weighted by Crippen LogP contribution is -2.51. The molecule has 1 amide bonds. The smallest absolute Gasteiger partial charge is 0.319 e. The first-order valence-electron chi connectivity index (χ1n) is 17.4. The van der Waals surface area contributed by atoms with E-state index in [4.69, 9.17) is 16.1 Å². The number of ether oxygens (including phenoxy) is 1. The van der Waals surface area contributed by atoms with Crippen molar-refractivity contribution in [2.45, 2.75) is 63.2 Å². The molecule has 3 aromatic carbocycles. The summed E-state index contributed by atoms with van der Waals surface area (Å²) in [5.74, 6) is -0.0124. The van der Waals surface area contributed by atoms with Crippen molar-refractivity contribution >= 4 is 33.4 Å². The minimum Gasteiger partial charge on any atom is -0.508 e. The molecule has 12 heteroatoms. The van der Waals surface area contributed by atoms with E-state index in [-0.39, 0.29) is 68.6 Å². The molecule has 9 nitrogen and oxygen atoms in total. The molecule has 5 fully saturated rings. The quantitative estimate of drug-likeness (QED) is 0.265. The SMILES string of the molecule is C#Cc1c(F)ccc2cc(O)cc(-c3c(F)cc4c(N5CC6CCC(C5)N6)nc(OCC5(CN6CC7CC6CN7C(C)=O)CC5)nc4c3F)c12. The number of halogens is 3. The third-order valence-electron chi connectivity index (χ3n) is 11.6. The Kier molecular flexibility index (Phi) is 7.20. The van der Waals surface area contributed by atoms with Crippen molar-refractivity contribution in [1.29, 1.82) is 0 Å². The van der Waals surface area contributed by atoms with Crippen molar-refractivity contribution in [2.75, 3.05) is 44.2 Å². The van der Waals surface area contributed by atoms with E-state index in [1.54, 1.807) is 6.92 Å². The Morgan fingerprint density at radius 3 is 2.52 bits per heavy atom. The standard InChI is InChI=1S/C38H37F3N6O3/c1-3-27-30(39)7-4-21-10-26(49)12-28(32(21)27)33-31(40)13-29-35(34(33)41)43-37(44-36(29)45-14-22-5-6-23(15-45)42-22)50-19-38(8-9-38)18-46-16-25-11-24(46)17-47(25)20(2)48/h1,4,7,10,12-13,22-25,42,49H,5-6,8-9,11,14-19H2,2H3. The molecule has 5 heterocycles. The van der Waals surface area contributed by atoms with E-state index in [2.05, 4.69) is 26.0 Å². The molecule has 4 saturated heterocycles. The highest BCUT2D eigenvalue weighted by molar-refractivity contribution is 6.04. The van der Waals surface area contributed by atoms with Gasteiger partial charge in [0.25, 0.3) is 0 Å². The third-order valence-corrected chi connectivity index (χ3v) is 11.6. The van der Waals surface area contributed by atoms with Crippen molar-refractivity contribution < 1.29 is 27.8 Å². The molecule has 5 aliphatic rings. The van der Waals surface area contributed by atoms with Gasteiger partial charge < -0.3 is 25.0 Å². The van der Waals surface area contributed by atoms with Crippen LogP contribution in [0.3, 0.4) is 0 Å². The van der Waals surface area contributed by atoms with E-state index in [0.29, 0.717) is 36.9 Å². The Hall–Kier alpha value is -4.60. The fourth-order valence-electron chi connectivity index (χ4n) is 8.95. The number of carbonyl (C=O) groups is 1. The van der Waals surface area contributed by atoms with Crippen LogP contribution in [-0.2, 0) is 4.79 Å². The number of rotatable bonds is 7. The minimum atomic E-state index is -0.977. The van der Waals surface area contributed by atoms with Crippen molar-refractivity contribution in [2.24, 2.45) is 5.41 Å². The lowest BCUT2D eigenvalue weighted by Gasteiger charge is -2.35. The second kappa shape index (κ2) is 11.5. The van der Waals surface area contributed by atoms with E-state index >= 15 is 8.78 Å². The van der Waals surface area contributed by atoms with Gasteiger partial charge in [0.1, 0.15) is 28.7 Å².